The number of hydrogen-bond donors (Lipinski definition) is 1. The second-order valence-corrected chi connectivity index (χ2v) is 5.82. The molecule has 1 fully saturated rings. The van der Waals surface area contributed by atoms with E-state index < -0.39 is 23.5 Å². The molecule has 1 aromatic rings. The van der Waals surface area contributed by atoms with E-state index in [1.165, 1.54) is 19.9 Å². The molecule has 1 aromatic carbocycles. The van der Waals surface area contributed by atoms with Crippen LogP contribution < -0.4 is 5.32 Å². The monoisotopic (exact) mass is 357 g/mol. The van der Waals surface area contributed by atoms with Crippen LogP contribution in [0.2, 0.25) is 0 Å². The molecule has 0 saturated carbocycles. The summed E-state index contributed by atoms with van der Waals surface area (Å²) in [6, 6.07) is 2.83. The Bertz CT molecular complexity index is 633. The van der Waals surface area contributed by atoms with Crippen molar-refractivity contribution >= 4 is 33.6 Å². The topological polar surface area (TPSA) is 64.6 Å². The lowest BCUT2D eigenvalue weighted by molar-refractivity contribution is -0.222. The van der Waals surface area contributed by atoms with Crippen molar-refractivity contribution < 1.29 is 23.5 Å². The maximum Gasteiger partial charge on any atom is 0.350 e. The van der Waals surface area contributed by atoms with Crippen LogP contribution in [-0.2, 0) is 19.1 Å². The van der Waals surface area contributed by atoms with Crippen molar-refractivity contribution in [2.75, 3.05) is 5.32 Å². The van der Waals surface area contributed by atoms with Gasteiger partial charge in [-0.05, 0) is 40.5 Å². The lowest BCUT2D eigenvalue weighted by Crippen LogP contribution is -2.42. The van der Waals surface area contributed by atoms with Gasteiger partial charge in [0.05, 0.1) is 4.47 Å². The van der Waals surface area contributed by atoms with Gasteiger partial charge in [0.15, 0.2) is 5.57 Å². The normalized spacial score (nSPS) is 17.1. The smallest absolute Gasteiger partial charge is 0.350 e. The summed E-state index contributed by atoms with van der Waals surface area (Å²) in [4.78, 5) is 23.5. The number of ether oxygens (including phenoxy) is 2. The van der Waals surface area contributed by atoms with E-state index in [1.807, 2.05) is 0 Å². The molecule has 0 radical (unpaired) electrons. The number of cyclic esters (lactones) is 2. The summed E-state index contributed by atoms with van der Waals surface area (Å²) >= 11 is 3.07. The number of halogens is 2. The van der Waals surface area contributed by atoms with Crippen LogP contribution in [0.5, 0.6) is 0 Å². The number of nitrogens with one attached hydrogen (secondary N) is 1. The Balaban J connectivity index is 2.24. The van der Waals surface area contributed by atoms with Crippen LogP contribution in [0.1, 0.15) is 19.4 Å². The van der Waals surface area contributed by atoms with Crippen molar-refractivity contribution in [3.05, 3.63) is 39.8 Å². The molecule has 1 N–H and O–H groups in total. The molecule has 21 heavy (non-hydrogen) atoms. The van der Waals surface area contributed by atoms with Gasteiger partial charge in [0.2, 0.25) is 0 Å². The molecule has 0 spiro atoms. The van der Waals surface area contributed by atoms with Crippen molar-refractivity contribution in [3.63, 3.8) is 0 Å². The highest BCUT2D eigenvalue weighted by Crippen LogP contribution is 2.26. The lowest BCUT2D eigenvalue weighted by Gasteiger charge is -2.29. The largest absolute Gasteiger partial charge is 0.419 e. The van der Waals surface area contributed by atoms with E-state index in [-0.39, 0.29) is 5.57 Å². The first-order chi connectivity index (χ1) is 9.69. The number of benzene rings is 1. The van der Waals surface area contributed by atoms with Crippen LogP contribution >= 0.6 is 15.9 Å². The first-order valence-electron chi connectivity index (χ1n) is 6.08. The molecule has 1 saturated heterocycles. The van der Waals surface area contributed by atoms with Gasteiger partial charge in [0, 0.05) is 25.7 Å². The summed E-state index contributed by atoms with van der Waals surface area (Å²) in [5.41, 5.74) is 0.878. The number of carbonyl (C=O) groups excluding carboxylic acids is 2. The number of carbonyl (C=O) groups is 2. The number of esters is 2. The average Bonchev–Trinajstić information content (AvgIpc) is 2.32. The van der Waals surface area contributed by atoms with E-state index in [9.17, 15) is 14.0 Å². The molecule has 0 unspecified atom stereocenters. The highest BCUT2D eigenvalue weighted by atomic mass is 79.9. The second-order valence-electron chi connectivity index (χ2n) is 4.96. The molecule has 2 rings (SSSR count). The minimum absolute atomic E-state index is 0.281. The van der Waals surface area contributed by atoms with E-state index in [4.69, 9.17) is 9.47 Å². The molecule has 7 heteroatoms. The van der Waals surface area contributed by atoms with Crippen LogP contribution in [0.4, 0.5) is 10.1 Å². The molecule has 112 valence electrons. The molecule has 1 heterocycles. The summed E-state index contributed by atoms with van der Waals surface area (Å²) in [7, 11) is 0. The molecule has 1 aliphatic heterocycles. The van der Waals surface area contributed by atoms with Gasteiger partial charge < -0.3 is 14.8 Å². The zero-order valence-electron chi connectivity index (χ0n) is 11.6. The Morgan fingerprint density at radius 2 is 1.81 bits per heavy atom. The predicted octanol–water partition coefficient (Wildman–Crippen LogP) is 3.03. The predicted molar refractivity (Wildman–Crippen MR) is 76.8 cm³/mol. The van der Waals surface area contributed by atoms with Crippen LogP contribution in [0.25, 0.3) is 0 Å². The van der Waals surface area contributed by atoms with Crippen LogP contribution in [0, 0.1) is 12.7 Å². The Morgan fingerprint density at radius 3 is 2.38 bits per heavy atom. The minimum Gasteiger partial charge on any atom is -0.419 e. The quantitative estimate of drug-likeness (QED) is 0.500. The van der Waals surface area contributed by atoms with Gasteiger partial charge in [-0.3, -0.25) is 0 Å². The number of anilines is 1. The molecular weight excluding hydrogens is 345 g/mol. The van der Waals surface area contributed by atoms with Gasteiger partial charge in [-0.25, -0.2) is 14.0 Å². The summed E-state index contributed by atoms with van der Waals surface area (Å²) in [5, 5.41) is 2.71. The zero-order chi connectivity index (χ0) is 15.8. The third-order valence-electron chi connectivity index (χ3n) is 2.76. The Morgan fingerprint density at radius 1 is 1.24 bits per heavy atom. The zero-order valence-corrected chi connectivity index (χ0v) is 13.2. The fraction of sp³-hybridized carbons (Fsp3) is 0.286. The molecule has 0 aliphatic carbocycles. The van der Waals surface area contributed by atoms with Gasteiger partial charge in [0.1, 0.15) is 5.82 Å². The molecule has 0 atom stereocenters. The van der Waals surface area contributed by atoms with Gasteiger partial charge in [-0.1, -0.05) is 0 Å². The van der Waals surface area contributed by atoms with Crippen molar-refractivity contribution in [1.82, 2.24) is 0 Å². The molecular formula is C14H13BrFNO4. The maximum atomic E-state index is 13.5. The molecule has 1 aliphatic rings. The van der Waals surface area contributed by atoms with Crippen LogP contribution in [-0.4, -0.2) is 17.7 Å². The first-order valence-corrected chi connectivity index (χ1v) is 6.88. The van der Waals surface area contributed by atoms with Crippen LogP contribution in [0.15, 0.2) is 28.4 Å². The van der Waals surface area contributed by atoms with Crippen molar-refractivity contribution in [2.45, 2.75) is 26.6 Å². The summed E-state index contributed by atoms with van der Waals surface area (Å²) in [5.74, 6) is -3.33. The third-order valence-corrected chi connectivity index (χ3v) is 3.36. The van der Waals surface area contributed by atoms with Crippen molar-refractivity contribution in [3.8, 4) is 0 Å². The van der Waals surface area contributed by atoms with Gasteiger partial charge >= 0.3 is 11.9 Å². The van der Waals surface area contributed by atoms with Crippen LogP contribution in [0.3, 0.4) is 0 Å². The van der Waals surface area contributed by atoms with E-state index in [0.29, 0.717) is 10.2 Å². The second kappa shape index (κ2) is 5.48. The Kier molecular flexibility index (Phi) is 4.04. The summed E-state index contributed by atoms with van der Waals surface area (Å²) in [6.07, 6.45) is 1.15. The fourth-order valence-corrected chi connectivity index (χ4v) is 2.19. The molecule has 0 amide bonds. The number of rotatable bonds is 2. The van der Waals surface area contributed by atoms with E-state index in [0.717, 1.165) is 11.8 Å². The third kappa shape index (κ3) is 3.41. The Hall–Kier alpha value is -1.89. The fourth-order valence-electron chi connectivity index (χ4n) is 1.73. The molecule has 5 nitrogen and oxygen atoms in total. The number of hydrogen-bond acceptors (Lipinski definition) is 5. The van der Waals surface area contributed by atoms with Gasteiger partial charge in [-0.2, -0.15) is 0 Å². The summed E-state index contributed by atoms with van der Waals surface area (Å²) < 4.78 is 23.7. The van der Waals surface area contributed by atoms with Crippen molar-refractivity contribution in [2.24, 2.45) is 0 Å². The highest BCUT2D eigenvalue weighted by Gasteiger charge is 2.38. The van der Waals surface area contributed by atoms with Crippen molar-refractivity contribution in [1.29, 1.82) is 0 Å². The van der Waals surface area contributed by atoms with Gasteiger partial charge in [0.25, 0.3) is 5.79 Å². The highest BCUT2D eigenvalue weighted by molar-refractivity contribution is 9.10. The summed E-state index contributed by atoms with van der Waals surface area (Å²) in [6.45, 7) is 4.67. The standard InChI is InChI=1S/C14H13BrFNO4/c1-7-4-9(15)10(16)5-11(7)17-6-8-12(18)20-14(2,3)21-13(8)19/h4-6,17H,1-3H3. The molecule has 0 bridgehead atoms. The van der Waals surface area contributed by atoms with E-state index in [2.05, 4.69) is 21.2 Å². The lowest BCUT2D eigenvalue weighted by atomic mass is 10.2. The maximum absolute atomic E-state index is 13.5. The Labute approximate surface area is 129 Å². The van der Waals surface area contributed by atoms with E-state index >= 15 is 0 Å². The average molecular weight is 358 g/mol. The first kappa shape index (κ1) is 15.5. The minimum atomic E-state index is -1.29. The molecule has 0 aromatic heterocycles. The van der Waals surface area contributed by atoms with E-state index in [1.54, 1.807) is 13.0 Å². The number of aryl methyl sites for hydroxylation is 1. The SMILES string of the molecule is Cc1cc(Br)c(F)cc1NC=C1C(=O)OC(C)(C)OC1=O. The van der Waals surface area contributed by atoms with Gasteiger partial charge in [-0.15, -0.1) is 0 Å².